The van der Waals surface area contributed by atoms with Gasteiger partial charge in [0.15, 0.2) is 0 Å². The molecule has 1 aliphatic heterocycles. The number of para-hydroxylation sites is 1. The molecule has 11 heteroatoms. The maximum absolute atomic E-state index is 14.2. The second kappa shape index (κ2) is 11.8. The van der Waals surface area contributed by atoms with Crippen molar-refractivity contribution in [3.63, 3.8) is 0 Å². The van der Waals surface area contributed by atoms with Crippen LogP contribution in [-0.4, -0.2) is 35.1 Å². The molecule has 0 fully saturated rings. The van der Waals surface area contributed by atoms with E-state index >= 15 is 0 Å². The first-order chi connectivity index (χ1) is 20.1. The average Bonchev–Trinajstić information content (AvgIpc) is 3.07. The molecule has 0 aromatic heterocycles. The summed E-state index contributed by atoms with van der Waals surface area (Å²) in [5.41, 5.74) is 1.19. The quantitative estimate of drug-likeness (QED) is 0.215. The summed E-state index contributed by atoms with van der Waals surface area (Å²) in [4.78, 5) is 29.9. The SMILES string of the molecule is CCN1c2ccc(C(F)(F)F)cc2N(c2ccccc2)C(=O)N(c2ccc(CSc3ccc(C(=O)O)cc3)cc2)C1O. The van der Waals surface area contributed by atoms with E-state index in [0.29, 0.717) is 17.1 Å². The van der Waals surface area contributed by atoms with Gasteiger partial charge in [-0.25, -0.2) is 14.5 Å². The lowest BCUT2D eigenvalue weighted by Crippen LogP contribution is -2.52. The number of aliphatic hydroxyl groups excluding tert-OH is 1. The van der Waals surface area contributed by atoms with Crippen molar-refractivity contribution >= 4 is 46.5 Å². The van der Waals surface area contributed by atoms with Gasteiger partial charge in [0.1, 0.15) is 0 Å². The number of halogens is 3. The third kappa shape index (κ3) is 5.79. The second-order valence-electron chi connectivity index (χ2n) is 9.44. The molecule has 1 heterocycles. The number of nitrogens with zero attached hydrogens (tertiary/aromatic N) is 3. The second-order valence-corrected chi connectivity index (χ2v) is 10.5. The predicted octanol–water partition coefficient (Wildman–Crippen LogP) is 7.58. The number of alkyl halides is 3. The lowest BCUT2D eigenvalue weighted by atomic mass is 10.1. The molecule has 7 nitrogen and oxygen atoms in total. The molecular formula is C31H26F3N3O4S. The van der Waals surface area contributed by atoms with Gasteiger partial charge in [-0.15, -0.1) is 11.8 Å². The number of anilines is 4. The number of urea groups is 1. The number of carbonyl (C=O) groups excluding carboxylic acids is 1. The number of amides is 2. The number of rotatable bonds is 7. The largest absolute Gasteiger partial charge is 0.478 e. The van der Waals surface area contributed by atoms with Crippen LogP contribution in [0, 0.1) is 0 Å². The van der Waals surface area contributed by atoms with Crippen LogP contribution in [0.25, 0.3) is 0 Å². The van der Waals surface area contributed by atoms with E-state index in [-0.39, 0.29) is 23.5 Å². The maximum Gasteiger partial charge on any atom is 0.416 e. The van der Waals surface area contributed by atoms with Gasteiger partial charge in [-0.3, -0.25) is 4.90 Å². The predicted molar refractivity (Wildman–Crippen MR) is 156 cm³/mol. The summed E-state index contributed by atoms with van der Waals surface area (Å²) in [6.45, 7) is 1.95. The summed E-state index contributed by atoms with van der Waals surface area (Å²) >= 11 is 1.51. The Bertz CT molecular complexity index is 1580. The molecule has 0 saturated carbocycles. The van der Waals surface area contributed by atoms with Gasteiger partial charge in [0.2, 0.25) is 6.35 Å². The number of fused-ring (bicyclic) bond motifs is 1. The molecule has 0 spiro atoms. The highest BCUT2D eigenvalue weighted by atomic mass is 32.2. The number of hydrogen-bond acceptors (Lipinski definition) is 5. The third-order valence-corrected chi connectivity index (χ3v) is 7.92. The van der Waals surface area contributed by atoms with Crippen LogP contribution in [0.15, 0.2) is 102 Å². The van der Waals surface area contributed by atoms with Crippen LogP contribution in [0.4, 0.5) is 40.7 Å². The number of carboxylic acids is 1. The average molecular weight is 594 g/mol. The molecule has 0 bridgehead atoms. The van der Waals surface area contributed by atoms with Crippen molar-refractivity contribution in [3.8, 4) is 0 Å². The number of aliphatic hydroxyl groups is 1. The molecule has 0 aliphatic carbocycles. The molecule has 1 aliphatic rings. The Morgan fingerprint density at radius 2 is 1.55 bits per heavy atom. The van der Waals surface area contributed by atoms with Crippen molar-refractivity contribution < 1.29 is 33.0 Å². The van der Waals surface area contributed by atoms with Crippen LogP contribution in [0.3, 0.4) is 0 Å². The Labute approximate surface area is 244 Å². The first-order valence-corrected chi connectivity index (χ1v) is 14.0. The molecule has 0 radical (unpaired) electrons. The van der Waals surface area contributed by atoms with Gasteiger partial charge in [0, 0.05) is 22.9 Å². The molecule has 4 aromatic carbocycles. The third-order valence-electron chi connectivity index (χ3n) is 6.84. The minimum absolute atomic E-state index is 0.00589. The monoisotopic (exact) mass is 593 g/mol. The first kappa shape index (κ1) is 29.0. The van der Waals surface area contributed by atoms with Gasteiger partial charge in [-0.05, 0) is 79.2 Å². The molecule has 1 unspecified atom stereocenters. The fourth-order valence-corrected chi connectivity index (χ4v) is 5.57. The highest BCUT2D eigenvalue weighted by Gasteiger charge is 2.40. The summed E-state index contributed by atoms with van der Waals surface area (Å²) in [6.07, 6.45) is -6.13. The zero-order valence-electron chi connectivity index (χ0n) is 22.3. The highest BCUT2D eigenvalue weighted by molar-refractivity contribution is 7.98. The molecule has 1 atom stereocenters. The van der Waals surface area contributed by atoms with Crippen molar-refractivity contribution in [2.75, 3.05) is 21.2 Å². The topological polar surface area (TPSA) is 84.3 Å². The van der Waals surface area contributed by atoms with Crippen LogP contribution in [0.2, 0.25) is 0 Å². The number of hydrogen-bond donors (Lipinski definition) is 2. The van der Waals surface area contributed by atoms with Crippen LogP contribution >= 0.6 is 11.8 Å². The van der Waals surface area contributed by atoms with E-state index in [1.807, 2.05) is 0 Å². The van der Waals surface area contributed by atoms with E-state index in [1.54, 1.807) is 73.7 Å². The van der Waals surface area contributed by atoms with Crippen LogP contribution in [0.5, 0.6) is 0 Å². The Morgan fingerprint density at radius 1 is 0.881 bits per heavy atom. The zero-order valence-corrected chi connectivity index (χ0v) is 23.1. The molecule has 4 aromatic rings. The summed E-state index contributed by atoms with van der Waals surface area (Å²) in [7, 11) is 0. The number of thioether (sulfide) groups is 1. The van der Waals surface area contributed by atoms with Gasteiger partial charge < -0.3 is 15.1 Å². The number of aromatic carboxylic acids is 1. The number of benzene rings is 4. The van der Waals surface area contributed by atoms with Crippen molar-refractivity contribution in [1.29, 1.82) is 0 Å². The molecule has 0 saturated heterocycles. The van der Waals surface area contributed by atoms with Crippen LogP contribution in [-0.2, 0) is 11.9 Å². The lowest BCUT2D eigenvalue weighted by Gasteiger charge is -2.34. The molecule has 42 heavy (non-hydrogen) atoms. The molecule has 2 amide bonds. The molecule has 2 N–H and O–H groups in total. The van der Waals surface area contributed by atoms with E-state index in [1.165, 1.54) is 39.8 Å². The highest BCUT2D eigenvalue weighted by Crippen LogP contribution is 2.43. The van der Waals surface area contributed by atoms with Crippen LogP contribution in [0.1, 0.15) is 28.4 Å². The minimum Gasteiger partial charge on any atom is -0.478 e. The fourth-order valence-electron chi connectivity index (χ4n) is 4.71. The summed E-state index contributed by atoms with van der Waals surface area (Å²) in [6, 6.07) is 24.3. The Kier molecular flexibility index (Phi) is 8.15. The fraction of sp³-hybridized carbons (Fsp3) is 0.161. The Morgan fingerprint density at radius 3 is 2.14 bits per heavy atom. The Hall–Kier alpha value is -4.48. The van der Waals surface area contributed by atoms with Gasteiger partial charge >= 0.3 is 18.2 Å². The van der Waals surface area contributed by atoms with Gasteiger partial charge in [-0.2, -0.15) is 13.2 Å². The Balaban J connectivity index is 1.49. The van der Waals surface area contributed by atoms with Crippen molar-refractivity contribution in [2.24, 2.45) is 0 Å². The maximum atomic E-state index is 14.2. The normalized spacial score (nSPS) is 15.4. The van der Waals surface area contributed by atoms with Crippen molar-refractivity contribution in [2.45, 2.75) is 30.1 Å². The van der Waals surface area contributed by atoms with Gasteiger partial charge in [0.05, 0.1) is 28.2 Å². The van der Waals surface area contributed by atoms with E-state index in [4.69, 9.17) is 5.11 Å². The summed E-state index contributed by atoms with van der Waals surface area (Å²) in [5, 5.41) is 20.6. The van der Waals surface area contributed by atoms with Crippen molar-refractivity contribution in [1.82, 2.24) is 0 Å². The van der Waals surface area contributed by atoms with Gasteiger partial charge in [0.25, 0.3) is 0 Å². The summed E-state index contributed by atoms with van der Waals surface area (Å²) < 4.78 is 41.2. The minimum atomic E-state index is -4.63. The van der Waals surface area contributed by atoms with E-state index in [0.717, 1.165) is 27.5 Å². The lowest BCUT2D eigenvalue weighted by molar-refractivity contribution is -0.137. The number of carboxylic acid groups (broad SMARTS) is 1. The molecule has 216 valence electrons. The van der Waals surface area contributed by atoms with Crippen molar-refractivity contribution in [3.05, 3.63) is 114 Å². The standard InChI is InChI=1S/C31H26F3N3O4S/c1-2-35-26-17-12-22(31(32,33)34)18-27(26)36(23-6-4-3-5-7-23)30(41)37(29(35)40)24-13-8-20(9-14-24)19-42-25-15-10-21(11-16-25)28(38)39/h3-18,29,40H,2,19H2,1H3,(H,38,39). The first-order valence-electron chi connectivity index (χ1n) is 13.0. The van der Waals surface area contributed by atoms with E-state index < -0.39 is 30.1 Å². The zero-order chi connectivity index (χ0) is 30.0. The smallest absolute Gasteiger partial charge is 0.416 e. The van der Waals surface area contributed by atoms with Crippen LogP contribution < -0.4 is 14.7 Å². The molecular weight excluding hydrogens is 567 g/mol. The summed E-state index contributed by atoms with van der Waals surface area (Å²) in [5.74, 6) is -0.435. The molecule has 5 rings (SSSR count). The van der Waals surface area contributed by atoms with Gasteiger partial charge in [-0.1, -0.05) is 30.3 Å². The number of carbonyl (C=O) groups is 2. The van der Waals surface area contributed by atoms with E-state index in [9.17, 15) is 27.9 Å². The van der Waals surface area contributed by atoms with E-state index in [2.05, 4.69) is 0 Å².